The van der Waals surface area contributed by atoms with E-state index in [1.807, 2.05) is 0 Å². The summed E-state index contributed by atoms with van der Waals surface area (Å²) < 4.78 is 0. The number of hydrogen-bond donors (Lipinski definition) is 0. The standard InChI is InChI=1S/C79H54N2/c1-6-19-55(20-7-1)58-35-43-67(44-36-58)80(68-45-37-59(38-46-68)56-21-8-2-9-22-56)71-51-63-33-34-64-52-72(54-76-78(64)77(63)75(53-71)79(76,65-27-12-4-13-28-65)66-29-14-5-15-30-66)81(69-47-39-60(40-48-69)57-23-10-3-11-24-57)70-49-41-62(42-50-70)74-32-18-26-61-25-16-17-31-73(61)74/h1-54H. The fourth-order valence-corrected chi connectivity index (χ4v) is 12.9. The molecule has 0 aromatic heterocycles. The topological polar surface area (TPSA) is 6.48 Å². The number of fused-ring (bicyclic) bond motifs is 1. The van der Waals surface area contributed by atoms with Gasteiger partial charge in [-0.25, -0.2) is 0 Å². The van der Waals surface area contributed by atoms with E-state index in [0.29, 0.717) is 0 Å². The van der Waals surface area contributed by atoms with Crippen molar-refractivity contribution in [2.45, 2.75) is 5.41 Å². The van der Waals surface area contributed by atoms with Crippen LogP contribution >= 0.6 is 0 Å². The van der Waals surface area contributed by atoms with Gasteiger partial charge in [-0.1, -0.05) is 255 Å². The monoisotopic (exact) mass is 1030 g/mol. The van der Waals surface area contributed by atoms with Crippen LogP contribution in [0.25, 0.3) is 76.8 Å². The summed E-state index contributed by atoms with van der Waals surface area (Å²) in [6.45, 7) is 0. The van der Waals surface area contributed by atoms with Crippen LogP contribution in [0, 0.1) is 0 Å². The first-order chi connectivity index (χ1) is 40.2. The van der Waals surface area contributed by atoms with E-state index in [1.54, 1.807) is 0 Å². The number of nitrogens with zero attached hydrogens (tertiary/aromatic N) is 2. The number of hydrogen-bond acceptors (Lipinski definition) is 2. The van der Waals surface area contributed by atoms with Crippen molar-refractivity contribution in [1.82, 2.24) is 0 Å². The van der Waals surface area contributed by atoms with E-state index >= 15 is 0 Å². The van der Waals surface area contributed by atoms with E-state index < -0.39 is 5.41 Å². The van der Waals surface area contributed by atoms with E-state index in [-0.39, 0.29) is 0 Å². The first kappa shape index (κ1) is 47.7. The average molecular weight is 1030 g/mol. The predicted molar refractivity (Wildman–Crippen MR) is 342 cm³/mol. The Balaban J connectivity index is 0.949. The third kappa shape index (κ3) is 8.27. The lowest BCUT2D eigenvalue weighted by Gasteiger charge is -2.36. The molecule has 1 aliphatic carbocycles. The van der Waals surface area contributed by atoms with Gasteiger partial charge in [0.2, 0.25) is 0 Å². The highest BCUT2D eigenvalue weighted by atomic mass is 15.1. The summed E-state index contributed by atoms with van der Waals surface area (Å²) in [6.07, 6.45) is 0. The number of rotatable bonds is 12. The van der Waals surface area contributed by atoms with Gasteiger partial charge in [0.1, 0.15) is 0 Å². The van der Waals surface area contributed by atoms with Crippen molar-refractivity contribution < 1.29 is 0 Å². The van der Waals surface area contributed by atoms with Crippen LogP contribution in [0.1, 0.15) is 22.3 Å². The van der Waals surface area contributed by atoms with Crippen LogP contribution in [0.3, 0.4) is 0 Å². The van der Waals surface area contributed by atoms with Crippen molar-refractivity contribution in [1.29, 1.82) is 0 Å². The summed E-state index contributed by atoms with van der Waals surface area (Å²) in [4.78, 5) is 4.90. The normalized spacial score (nSPS) is 12.3. The minimum Gasteiger partial charge on any atom is -0.310 e. The van der Waals surface area contributed by atoms with Crippen LogP contribution in [-0.2, 0) is 5.41 Å². The van der Waals surface area contributed by atoms with Gasteiger partial charge in [-0.05, 0) is 172 Å². The molecule has 2 nitrogen and oxygen atoms in total. The summed E-state index contributed by atoms with van der Waals surface area (Å²) in [7, 11) is 0. The Kier molecular flexibility index (Phi) is 11.8. The predicted octanol–water partition coefficient (Wildman–Crippen LogP) is 21.4. The molecule has 0 amide bonds. The van der Waals surface area contributed by atoms with Crippen molar-refractivity contribution in [2.24, 2.45) is 0 Å². The quantitative estimate of drug-likeness (QED) is 0.113. The van der Waals surface area contributed by atoms with E-state index in [9.17, 15) is 0 Å². The Morgan fingerprint density at radius 2 is 0.531 bits per heavy atom. The largest absolute Gasteiger partial charge is 0.310 e. The van der Waals surface area contributed by atoms with E-state index in [1.165, 1.54) is 99.1 Å². The summed E-state index contributed by atoms with van der Waals surface area (Å²) in [6, 6.07) is 121. The maximum atomic E-state index is 2.51. The second-order valence-electron chi connectivity index (χ2n) is 21.2. The highest BCUT2D eigenvalue weighted by Crippen LogP contribution is 2.59. The second kappa shape index (κ2) is 20.0. The number of anilines is 6. The first-order valence-corrected chi connectivity index (χ1v) is 28.0. The molecule has 380 valence electrons. The molecule has 2 heteroatoms. The number of benzene rings is 14. The van der Waals surface area contributed by atoms with Crippen LogP contribution in [-0.4, -0.2) is 0 Å². The van der Waals surface area contributed by atoms with Gasteiger partial charge < -0.3 is 9.80 Å². The van der Waals surface area contributed by atoms with Crippen LogP contribution in [0.5, 0.6) is 0 Å². The molecule has 0 atom stereocenters. The first-order valence-electron chi connectivity index (χ1n) is 28.0. The third-order valence-corrected chi connectivity index (χ3v) is 16.7. The average Bonchev–Trinajstić information content (AvgIpc) is 2.92. The van der Waals surface area contributed by atoms with Crippen molar-refractivity contribution in [3.05, 3.63) is 350 Å². The molecule has 14 aromatic rings. The zero-order valence-corrected chi connectivity index (χ0v) is 44.6. The Morgan fingerprint density at radius 3 is 0.926 bits per heavy atom. The molecule has 0 radical (unpaired) electrons. The SMILES string of the molecule is c1ccc(-c2ccc(N(c3ccc(-c4ccccc4)cc3)c3cc4c5c(ccc6cc(N(c7ccc(-c8ccccc8)cc7)c7ccc(-c8cccc9ccccc89)cc7)cc(c65)C4(c4ccccc4)c4ccccc4)c3)cc2)cc1. The summed E-state index contributed by atoms with van der Waals surface area (Å²) in [5.74, 6) is 0. The zero-order valence-electron chi connectivity index (χ0n) is 44.6. The lowest BCUT2D eigenvalue weighted by molar-refractivity contribution is 0.771. The highest BCUT2D eigenvalue weighted by molar-refractivity contribution is 6.18. The second-order valence-corrected chi connectivity index (χ2v) is 21.2. The fourth-order valence-electron chi connectivity index (χ4n) is 12.9. The molecule has 0 saturated heterocycles. The Bertz CT molecular complexity index is 4430. The van der Waals surface area contributed by atoms with E-state index in [0.717, 1.165) is 34.1 Å². The van der Waals surface area contributed by atoms with Crippen molar-refractivity contribution >= 4 is 66.4 Å². The summed E-state index contributed by atoms with van der Waals surface area (Å²) >= 11 is 0. The van der Waals surface area contributed by atoms with Gasteiger partial charge in [0, 0.05) is 34.1 Å². The Morgan fingerprint density at radius 1 is 0.210 bits per heavy atom. The van der Waals surface area contributed by atoms with Gasteiger partial charge in [0.15, 0.2) is 0 Å². The van der Waals surface area contributed by atoms with Gasteiger partial charge in [-0.3, -0.25) is 0 Å². The van der Waals surface area contributed by atoms with Crippen molar-refractivity contribution in [2.75, 3.05) is 9.80 Å². The van der Waals surface area contributed by atoms with Crippen LogP contribution in [0.2, 0.25) is 0 Å². The molecule has 0 unspecified atom stereocenters. The lowest BCUT2D eigenvalue weighted by atomic mass is 9.67. The maximum absolute atomic E-state index is 2.51. The summed E-state index contributed by atoms with van der Waals surface area (Å²) in [5, 5.41) is 7.43. The van der Waals surface area contributed by atoms with Crippen LogP contribution < -0.4 is 9.80 Å². The van der Waals surface area contributed by atoms with Crippen LogP contribution in [0.4, 0.5) is 34.1 Å². The van der Waals surface area contributed by atoms with Crippen LogP contribution in [0.15, 0.2) is 328 Å². The molecule has 15 rings (SSSR count). The summed E-state index contributed by atoms with van der Waals surface area (Å²) in [5.41, 5.74) is 20.3. The zero-order chi connectivity index (χ0) is 53.7. The van der Waals surface area contributed by atoms with E-state index in [2.05, 4.69) is 337 Å². The molecule has 81 heavy (non-hydrogen) atoms. The molecular formula is C79H54N2. The van der Waals surface area contributed by atoms with Gasteiger partial charge in [-0.2, -0.15) is 0 Å². The van der Waals surface area contributed by atoms with Gasteiger partial charge in [-0.15, -0.1) is 0 Å². The molecule has 0 spiro atoms. The Hall–Kier alpha value is -10.5. The molecule has 1 aliphatic rings. The minimum atomic E-state index is -0.713. The van der Waals surface area contributed by atoms with Crippen molar-refractivity contribution in [3.8, 4) is 44.5 Å². The van der Waals surface area contributed by atoms with Gasteiger partial charge in [0.25, 0.3) is 0 Å². The molecular weight excluding hydrogens is 977 g/mol. The lowest BCUT2D eigenvalue weighted by Crippen LogP contribution is -2.29. The fraction of sp³-hybridized carbons (Fsp3) is 0.0127. The van der Waals surface area contributed by atoms with Gasteiger partial charge >= 0.3 is 0 Å². The minimum absolute atomic E-state index is 0.713. The Labute approximate surface area is 473 Å². The molecule has 0 saturated carbocycles. The smallest absolute Gasteiger partial charge is 0.0715 e. The molecule has 0 heterocycles. The van der Waals surface area contributed by atoms with Crippen molar-refractivity contribution in [3.63, 3.8) is 0 Å². The highest BCUT2D eigenvalue weighted by Gasteiger charge is 2.46. The maximum Gasteiger partial charge on any atom is 0.0715 e. The van der Waals surface area contributed by atoms with E-state index in [4.69, 9.17) is 0 Å². The molecule has 0 bridgehead atoms. The molecule has 0 fully saturated rings. The van der Waals surface area contributed by atoms with Gasteiger partial charge in [0.05, 0.1) is 5.41 Å². The molecule has 0 aliphatic heterocycles. The third-order valence-electron chi connectivity index (χ3n) is 16.7. The molecule has 14 aromatic carbocycles. The molecule has 0 N–H and O–H groups in total.